The van der Waals surface area contributed by atoms with Gasteiger partial charge < -0.3 is 10.6 Å². The molecule has 1 aliphatic rings. The molecule has 0 radical (unpaired) electrons. The molecular weight excluding hydrogens is 606 g/mol. The minimum absolute atomic E-state index is 0.0121. The van der Waals surface area contributed by atoms with E-state index in [1.54, 1.807) is 26.0 Å². The van der Waals surface area contributed by atoms with Crippen molar-refractivity contribution in [3.63, 3.8) is 0 Å². The van der Waals surface area contributed by atoms with Crippen molar-refractivity contribution < 1.29 is 35.9 Å². The van der Waals surface area contributed by atoms with Crippen LogP contribution in [0.1, 0.15) is 61.9 Å². The highest BCUT2D eigenvalue weighted by Crippen LogP contribution is 2.38. The van der Waals surface area contributed by atoms with Crippen LogP contribution in [0.5, 0.6) is 0 Å². The molecule has 17 heteroatoms. The van der Waals surface area contributed by atoms with E-state index in [-0.39, 0.29) is 44.3 Å². The van der Waals surface area contributed by atoms with Crippen molar-refractivity contribution in [2.24, 2.45) is 0 Å². The summed E-state index contributed by atoms with van der Waals surface area (Å²) in [5.74, 6) is -1.09. The van der Waals surface area contributed by atoms with Gasteiger partial charge in [-0.15, -0.1) is 10.2 Å². The van der Waals surface area contributed by atoms with Gasteiger partial charge in [-0.3, -0.25) is 9.59 Å². The van der Waals surface area contributed by atoms with Crippen LogP contribution in [0.2, 0.25) is 5.02 Å². The summed E-state index contributed by atoms with van der Waals surface area (Å²) in [7, 11) is 0. The maximum atomic E-state index is 13.7. The molecule has 3 aromatic heterocycles. The Kier molecular flexibility index (Phi) is 7.66. The van der Waals surface area contributed by atoms with E-state index in [2.05, 4.69) is 30.9 Å². The maximum Gasteiger partial charge on any atom is 0.437 e. The molecule has 226 valence electrons. The van der Waals surface area contributed by atoms with Gasteiger partial charge in [0.1, 0.15) is 12.2 Å². The Hall–Kier alpha value is -4.47. The Labute approximate surface area is 244 Å². The van der Waals surface area contributed by atoms with Gasteiger partial charge in [0, 0.05) is 17.3 Å². The Morgan fingerprint density at radius 2 is 1.60 bits per heavy atom. The van der Waals surface area contributed by atoms with Gasteiger partial charge in [0.25, 0.3) is 11.8 Å². The molecule has 4 aromatic rings. The number of amides is 2. The highest BCUT2D eigenvalue weighted by atomic mass is 35.5. The van der Waals surface area contributed by atoms with Gasteiger partial charge in [-0.2, -0.15) is 36.2 Å². The first-order chi connectivity index (χ1) is 20.1. The van der Waals surface area contributed by atoms with E-state index in [9.17, 15) is 35.9 Å². The van der Waals surface area contributed by atoms with Gasteiger partial charge in [-0.05, 0) is 62.1 Å². The van der Waals surface area contributed by atoms with Gasteiger partial charge >= 0.3 is 12.4 Å². The summed E-state index contributed by atoms with van der Waals surface area (Å²) >= 11 is 6.17. The number of hydrogen-bond acceptors (Lipinski definition) is 6. The summed E-state index contributed by atoms with van der Waals surface area (Å²) in [6, 6.07) is 7.38. The first kappa shape index (κ1) is 30.0. The third-order valence-corrected chi connectivity index (χ3v) is 6.58. The highest BCUT2D eigenvalue weighted by molar-refractivity contribution is 6.31. The van der Waals surface area contributed by atoms with Gasteiger partial charge in [-0.25, -0.2) is 9.67 Å². The number of carbonyl (C=O) groups is 2. The quantitative estimate of drug-likeness (QED) is 0.267. The van der Waals surface area contributed by atoms with Crippen LogP contribution in [0.25, 0.3) is 5.82 Å². The largest absolute Gasteiger partial charge is 0.437 e. The fraction of sp³-hybridized carbons (Fsp3) is 0.308. The minimum atomic E-state index is -5.42. The highest BCUT2D eigenvalue weighted by Gasteiger charge is 2.48. The Morgan fingerprint density at radius 3 is 2.19 bits per heavy atom. The van der Waals surface area contributed by atoms with Gasteiger partial charge in [0.05, 0.1) is 16.9 Å². The van der Waals surface area contributed by atoms with E-state index < -0.39 is 42.1 Å². The SMILES string of the molecule is Cc1cccnc1-n1nc(Cn2nc(C(F)(F)F)c(C(F)(F)F)n2)cc1C(=O)Nc1c(C)cc(Cl)cc1C(=O)NC1CC1. The van der Waals surface area contributed by atoms with Crippen molar-refractivity contribution in [2.45, 2.75) is 51.6 Å². The zero-order valence-electron chi connectivity index (χ0n) is 22.3. The molecule has 0 aliphatic heterocycles. The molecule has 2 amide bonds. The fourth-order valence-corrected chi connectivity index (χ4v) is 4.50. The number of carbonyl (C=O) groups excluding carboxylic acids is 2. The van der Waals surface area contributed by atoms with E-state index in [1.165, 1.54) is 18.3 Å². The monoisotopic (exact) mass is 626 g/mol. The maximum absolute atomic E-state index is 13.7. The average Bonchev–Trinajstić information content (AvgIpc) is 3.43. The van der Waals surface area contributed by atoms with Crippen molar-refractivity contribution >= 4 is 29.1 Å². The number of benzene rings is 1. The second-order valence-corrected chi connectivity index (χ2v) is 10.3. The molecule has 0 atom stereocenters. The van der Waals surface area contributed by atoms with Crippen LogP contribution in [-0.4, -0.2) is 47.6 Å². The first-order valence-corrected chi connectivity index (χ1v) is 13.0. The number of halogens is 7. The molecular formula is C26H21ClF6N8O2. The molecule has 1 aromatic carbocycles. The zero-order valence-corrected chi connectivity index (χ0v) is 23.1. The Bertz CT molecular complexity index is 1690. The number of aryl methyl sites for hydroxylation is 2. The van der Waals surface area contributed by atoms with E-state index in [4.69, 9.17) is 11.6 Å². The van der Waals surface area contributed by atoms with Crippen LogP contribution in [0, 0.1) is 13.8 Å². The van der Waals surface area contributed by atoms with Gasteiger partial charge in [0.15, 0.2) is 17.2 Å². The average molecular weight is 627 g/mol. The lowest BCUT2D eigenvalue weighted by Gasteiger charge is -2.15. The lowest BCUT2D eigenvalue weighted by atomic mass is 10.1. The van der Waals surface area contributed by atoms with Crippen molar-refractivity contribution in [3.05, 3.63) is 81.0 Å². The first-order valence-electron chi connectivity index (χ1n) is 12.6. The van der Waals surface area contributed by atoms with E-state index in [0.717, 1.165) is 23.6 Å². The van der Waals surface area contributed by atoms with Crippen molar-refractivity contribution in [1.29, 1.82) is 0 Å². The molecule has 0 saturated heterocycles. The number of alkyl halides is 6. The van der Waals surface area contributed by atoms with Crippen molar-refractivity contribution in [1.82, 2.24) is 35.1 Å². The number of nitrogens with one attached hydrogen (secondary N) is 2. The van der Waals surface area contributed by atoms with E-state index in [0.29, 0.717) is 11.1 Å². The van der Waals surface area contributed by atoms with Crippen molar-refractivity contribution in [2.75, 3.05) is 5.32 Å². The molecule has 10 nitrogen and oxygen atoms in total. The molecule has 0 unspecified atom stereocenters. The van der Waals surface area contributed by atoms with Crippen LogP contribution < -0.4 is 10.6 Å². The number of aromatic nitrogens is 6. The summed E-state index contributed by atoms with van der Waals surface area (Å²) in [5.41, 5.74) is -3.47. The Morgan fingerprint density at radius 1 is 0.953 bits per heavy atom. The van der Waals surface area contributed by atoms with E-state index >= 15 is 0 Å². The number of hydrogen-bond donors (Lipinski definition) is 2. The summed E-state index contributed by atoms with van der Waals surface area (Å²) in [6.45, 7) is 2.55. The molecule has 0 spiro atoms. The normalized spacial score (nSPS) is 13.7. The topological polar surface area (TPSA) is 120 Å². The predicted molar refractivity (Wildman–Crippen MR) is 140 cm³/mol. The third kappa shape index (κ3) is 6.48. The number of nitrogens with zero attached hydrogens (tertiary/aromatic N) is 6. The molecule has 3 heterocycles. The minimum Gasteiger partial charge on any atom is -0.349 e. The van der Waals surface area contributed by atoms with E-state index in [1.807, 2.05) is 0 Å². The molecule has 43 heavy (non-hydrogen) atoms. The van der Waals surface area contributed by atoms with Crippen molar-refractivity contribution in [3.8, 4) is 5.82 Å². The lowest BCUT2D eigenvalue weighted by molar-refractivity contribution is -0.165. The fourth-order valence-electron chi connectivity index (χ4n) is 4.23. The third-order valence-electron chi connectivity index (χ3n) is 6.37. The summed E-state index contributed by atoms with van der Waals surface area (Å²) in [5, 5.41) is 16.0. The number of pyridine rings is 1. The standard InChI is InChI=1S/C26H21ClF6N8O2/c1-12-4-3-7-34-22(12)41-18(10-16(37-41)11-40-38-20(25(28,29)30)21(39-40)26(31,32)33)24(43)36-19-13(2)8-14(27)9-17(19)23(42)35-15-5-6-15/h3-4,7-10,15H,5-6,11H2,1-2H3,(H,35,42)(H,36,43). The molecule has 1 saturated carbocycles. The summed E-state index contributed by atoms with van der Waals surface area (Å²) in [4.78, 5) is 31.0. The smallest absolute Gasteiger partial charge is 0.349 e. The molecule has 2 N–H and O–H groups in total. The van der Waals surface area contributed by atoms with Crippen LogP contribution in [0.3, 0.4) is 0 Å². The zero-order chi connectivity index (χ0) is 31.3. The molecule has 1 aliphatic carbocycles. The second kappa shape index (κ2) is 11.0. The molecule has 0 bridgehead atoms. The van der Waals surface area contributed by atoms with Crippen LogP contribution in [0.4, 0.5) is 32.0 Å². The van der Waals surface area contributed by atoms with Crippen LogP contribution >= 0.6 is 11.6 Å². The van der Waals surface area contributed by atoms with Gasteiger partial charge in [-0.1, -0.05) is 17.7 Å². The number of anilines is 1. The molecule has 1 fully saturated rings. The molecule has 5 rings (SSSR count). The summed E-state index contributed by atoms with van der Waals surface area (Å²) < 4.78 is 80.7. The number of rotatable bonds is 7. The summed E-state index contributed by atoms with van der Waals surface area (Å²) in [6.07, 6.45) is -7.79. The second-order valence-electron chi connectivity index (χ2n) is 9.85. The van der Waals surface area contributed by atoms with Crippen LogP contribution in [-0.2, 0) is 18.9 Å². The van der Waals surface area contributed by atoms with Crippen LogP contribution in [0.15, 0.2) is 36.5 Å². The Balaban J connectivity index is 1.54. The lowest BCUT2D eigenvalue weighted by Crippen LogP contribution is -2.27. The predicted octanol–water partition coefficient (Wildman–Crippen LogP) is 5.36. The van der Waals surface area contributed by atoms with Gasteiger partial charge in [0.2, 0.25) is 0 Å².